The number of nitrogens with zero attached hydrogens (tertiary/aromatic N) is 2. The number of pyridine rings is 1. The molecule has 1 N–H and O–H groups in total. The molecule has 0 aliphatic carbocycles. The van der Waals surface area contributed by atoms with Gasteiger partial charge in [-0.2, -0.15) is 0 Å². The number of benzene rings is 1. The van der Waals surface area contributed by atoms with E-state index in [1.165, 1.54) is 0 Å². The number of rotatable bonds is 5. The van der Waals surface area contributed by atoms with Crippen LogP contribution < -0.4 is 5.32 Å². The summed E-state index contributed by atoms with van der Waals surface area (Å²) in [6.07, 6.45) is 7.05. The fourth-order valence-corrected chi connectivity index (χ4v) is 3.77. The van der Waals surface area contributed by atoms with Crippen LogP contribution in [0.15, 0.2) is 53.7 Å². The summed E-state index contributed by atoms with van der Waals surface area (Å²) in [6, 6.07) is 11.2. The molecule has 2 aromatic rings. The standard InChI is InChI=1S/C20H23N3O2S/c1-26-18-7-3-2-6-17(18)19(24)22-13-15-8-11-23(12-9-15)20(25)16-5-4-10-21-14-16/h2-7,10,14-15H,8-9,11-13H2,1H3,(H,22,24). The topological polar surface area (TPSA) is 62.3 Å². The van der Waals surface area contributed by atoms with E-state index in [2.05, 4.69) is 10.3 Å². The van der Waals surface area contributed by atoms with Crippen LogP contribution in [0.2, 0.25) is 0 Å². The van der Waals surface area contributed by atoms with Crippen LogP contribution in [0.3, 0.4) is 0 Å². The molecule has 0 spiro atoms. The second-order valence-corrected chi connectivity index (χ2v) is 7.24. The Bertz CT molecular complexity index is 759. The maximum Gasteiger partial charge on any atom is 0.255 e. The molecule has 136 valence electrons. The molecule has 5 nitrogen and oxygen atoms in total. The van der Waals surface area contributed by atoms with Gasteiger partial charge in [-0.15, -0.1) is 11.8 Å². The summed E-state index contributed by atoms with van der Waals surface area (Å²) in [7, 11) is 0. The van der Waals surface area contributed by atoms with E-state index in [1.807, 2.05) is 35.4 Å². The highest BCUT2D eigenvalue weighted by atomic mass is 32.2. The van der Waals surface area contributed by atoms with Crippen LogP contribution in [-0.2, 0) is 0 Å². The van der Waals surface area contributed by atoms with E-state index in [9.17, 15) is 9.59 Å². The molecule has 0 unspecified atom stereocenters. The Morgan fingerprint density at radius 3 is 2.65 bits per heavy atom. The zero-order chi connectivity index (χ0) is 18.4. The molecule has 2 amide bonds. The lowest BCUT2D eigenvalue weighted by atomic mass is 9.96. The quantitative estimate of drug-likeness (QED) is 0.823. The molecular weight excluding hydrogens is 346 g/mol. The normalized spacial score (nSPS) is 14.9. The number of likely N-dealkylation sites (tertiary alicyclic amines) is 1. The smallest absolute Gasteiger partial charge is 0.255 e. The van der Waals surface area contributed by atoms with Crippen LogP contribution in [0, 0.1) is 5.92 Å². The summed E-state index contributed by atoms with van der Waals surface area (Å²) in [4.78, 5) is 31.7. The Morgan fingerprint density at radius 2 is 1.96 bits per heavy atom. The van der Waals surface area contributed by atoms with Gasteiger partial charge < -0.3 is 10.2 Å². The number of carbonyl (C=O) groups is 2. The Hall–Kier alpha value is -2.34. The first-order chi connectivity index (χ1) is 12.7. The Balaban J connectivity index is 1.48. The van der Waals surface area contributed by atoms with Crippen molar-refractivity contribution in [3.63, 3.8) is 0 Å². The third kappa shape index (κ3) is 4.43. The molecule has 0 radical (unpaired) electrons. The van der Waals surface area contributed by atoms with E-state index < -0.39 is 0 Å². The van der Waals surface area contributed by atoms with Gasteiger partial charge in [0, 0.05) is 36.9 Å². The first-order valence-corrected chi connectivity index (χ1v) is 10.0. The van der Waals surface area contributed by atoms with Crippen LogP contribution in [0.5, 0.6) is 0 Å². The summed E-state index contributed by atoms with van der Waals surface area (Å²) in [5.74, 6) is 0.414. The van der Waals surface area contributed by atoms with Crippen molar-refractivity contribution >= 4 is 23.6 Å². The average molecular weight is 369 g/mol. The summed E-state index contributed by atoms with van der Waals surface area (Å²) in [5, 5.41) is 3.05. The first kappa shape index (κ1) is 18.5. The van der Waals surface area contributed by atoms with E-state index in [-0.39, 0.29) is 11.8 Å². The van der Waals surface area contributed by atoms with Crippen LogP contribution in [0.4, 0.5) is 0 Å². The number of thioether (sulfide) groups is 1. The highest BCUT2D eigenvalue weighted by Gasteiger charge is 2.24. The molecule has 1 aromatic heterocycles. The average Bonchev–Trinajstić information content (AvgIpc) is 2.72. The molecule has 0 saturated carbocycles. The van der Waals surface area contributed by atoms with E-state index >= 15 is 0 Å². The second-order valence-electron chi connectivity index (χ2n) is 6.39. The number of aromatic nitrogens is 1. The van der Waals surface area contributed by atoms with Gasteiger partial charge in [0.25, 0.3) is 11.8 Å². The van der Waals surface area contributed by atoms with Gasteiger partial charge in [0.2, 0.25) is 0 Å². The van der Waals surface area contributed by atoms with E-state index in [1.54, 1.807) is 36.3 Å². The summed E-state index contributed by atoms with van der Waals surface area (Å²) in [5.41, 5.74) is 1.36. The van der Waals surface area contributed by atoms with Gasteiger partial charge in [0.1, 0.15) is 0 Å². The van der Waals surface area contributed by atoms with Crippen molar-refractivity contribution in [2.45, 2.75) is 17.7 Å². The molecule has 0 atom stereocenters. The summed E-state index contributed by atoms with van der Waals surface area (Å²) < 4.78 is 0. The van der Waals surface area contributed by atoms with Crippen LogP contribution in [0.1, 0.15) is 33.6 Å². The maximum absolute atomic E-state index is 12.4. The molecule has 26 heavy (non-hydrogen) atoms. The Kier molecular flexibility index (Phi) is 6.28. The van der Waals surface area contributed by atoms with Crippen LogP contribution >= 0.6 is 11.8 Å². The molecule has 1 fully saturated rings. The van der Waals surface area contributed by atoms with E-state index in [0.29, 0.717) is 18.0 Å². The highest BCUT2D eigenvalue weighted by molar-refractivity contribution is 7.98. The van der Waals surface area contributed by atoms with Crippen LogP contribution in [-0.4, -0.2) is 47.6 Å². The van der Waals surface area contributed by atoms with E-state index in [0.717, 1.165) is 36.4 Å². The Morgan fingerprint density at radius 1 is 1.19 bits per heavy atom. The number of hydrogen-bond acceptors (Lipinski definition) is 4. The SMILES string of the molecule is CSc1ccccc1C(=O)NCC1CCN(C(=O)c2cccnc2)CC1. The van der Waals surface area contributed by atoms with Gasteiger partial charge in [-0.05, 0) is 49.3 Å². The van der Waals surface area contributed by atoms with Crippen molar-refractivity contribution < 1.29 is 9.59 Å². The molecule has 1 aromatic carbocycles. The molecule has 6 heteroatoms. The van der Waals surface area contributed by atoms with Crippen molar-refractivity contribution in [1.29, 1.82) is 0 Å². The van der Waals surface area contributed by atoms with Crippen LogP contribution in [0.25, 0.3) is 0 Å². The Labute approximate surface area is 158 Å². The van der Waals surface area contributed by atoms with Crippen molar-refractivity contribution in [2.24, 2.45) is 5.92 Å². The number of amides is 2. The molecule has 0 bridgehead atoms. The number of piperidine rings is 1. The minimum atomic E-state index is -0.0242. The minimum Gasteiger partial charge on any atom is -0.352 e. The zero-order valence-electron chi connectivity index (χ0n) is 14.9. The third-order valence-electron chi connectivity index (χ3n) is 4.71. The van der Waals surface area contributed by atoms with Gasteiger partial charge in [0.05, 0.1) is 11.1 Å². The number of hydrogen-bond donors (Lipinski definition) is 1. The molecule has 1 saturated heterocycles. The largest absolute Gasteiger partial charge is 0.352 e. The van der Waals surface area contributed by atoms with Crippen molar-refractivity contribution in [1.82, 2.24) is 15.2 Å². The molecule has 1 aliphatic heterocycles. The second kappa shape index (κ2) is 8.85. The molecule has 1 aliphatic rings. The number of nitrogens with one attached hydrogen (secondary N) is 1. The molecular formula is C20H23N3O2S. The first-order valence-electron chi connectivity index (χ1n) is 8.79. The van der Waals surface area contributed by atoms with Gasteiger partial charge in [-0.1, -0.05) is 12.1 Å². The van der Waals surface area contributed by atoms with Crippen molar-refractivity contribution in [2.75, 3.05) is 25.9 Å². The van der Waals surface area contributed by atoms with E-state index in [4.69, 9.17) is 0 Å². The van der Waals surface area contributed by atoms with Gasteiger partial charge >= 0.3 is 0 Å². The fourth-order valence-electron chi connectivity index (χ4n) is 3.18. The van der Waals surface area contributed by atoms with Crippen molar-refractivity contribution in [3.8, 4) is 0 Å². The van der Waals surface area contributed by atoms with Gasteiger partial charge in [0.15, 0.2) is 0 Å². The van der Waals surface area contributed by atoms with Gasteiger partial charge in [-0.25, -0.2) is 0 Å². The lowest BCUT2D eigenvalue weighted by Gasteiger charge is -2.32. The molecule has 2 heterocycles. The van der Waals surface area contributed by atoms with Crippen molar-refractivity contribution in [3.05, 3.63) is 59.9 Å². The predicted octanol–water partition coefficient (Wildman–Crippen LogP) is 3.09. The summed E-state index contributed by atoms with van der Waals surface area (Å²) >= 11 is 1.58. The molecule has 3 rings (SSSR count). The predicted molar refractivity (Wildman–Crippen MR) is 103 cm³/mol. The number of carbonyl (C=O) groups excluding carboxylic acids is 2. The maximum atomic E-state index is 12.4. The zero-order valence-corrected chi connectivity index (χ0v) is 15.7. The summed E-state index contributed by atoms with van der Waals surface area (Å²) in [6.45, 7) is 2.09. The lowest BCUT2D eigenvalue weighted by Crippen LogP contribution is -2.41. The fraction of sp³-hybridized carbons (Fsp3) is 0.350. The van der Waals surface area contributed by atoms with Gasteiger partial charge in [-0.3, -0.25) is 14.6 Å². The third-order valence-corrected chi connectivity index (χ3v) is 5.51. The lowest BCUT2D eigenvalue weighted by molar-refractivity contribution is 0.0684. The monoisotopic (exact) mass is 369 g/mol. The highest BCUT2D eigenvalue weighted by Crippen LogP contribution is 2.21. The minimum absolute atomic E-state index is 0.0242.